The van der Waals surface area contributed by atoms with Crippen molar-refractivity contribution in [2.75, 3.05) is 40.9 Å². The fourth-order valence-electron chi connectivity index (χ4n) is 6.34. The SMILES string of the molecule is CCCCC/C=C/CC/C=C/C(O)C(COP(=O)([O-])OCC[N+](C)(C)C)NC(=O)CCCCCCCCCCCCCCCCCCCCCCCC. The van der Waals surface area contributed by atoms with E-state index in [2.05, 4.69) is 31.3 Å². The molecule has 3 unspecified atom stereocenters. The van der Waals surface area contributed by atoms with E-state index in [0.29, 0.717) is 17.4 Å². The molecular formula is C44H87N2O6P. The number of carbonyl (C=O) groups is 1. The van der Waals surface area contributed by atoms with Crippen LogP contribution in [0.2, 0.25) is 0 Å². The quantitative estimate of drug-likeness (QED) is 0.0278. The fourth-order valence-corrected chi connectivity index (χ4v) is 7.07. The molecule has 0 spiro atoms. The van der Waals surface area contributed by atoms with Crippen LogP contribution in [0.3, 0.4) is 0 Å². The minimum atomic E-state index is -4.58. The highest BCUT2D eigenvalue weighted by atomic mass is 31.2. The number of carbonyl (C=O) groups excluding carboxylic acids is 1. The first-order valence-corrected chi connectivity index (χ1v) is 23.7. The van der Waals surface area contributed by atoms with Gasteiger partial charge in [0.05, 0.1) is 39.9 Å². The topological polar surface area (TPSA) is 108 Å². The van der Waals surface area contributed by atoms with Crippen LogP contribution in [0.15, 0.2) is 24.3 Å². The molecule has 0 aliphatic heterocycles. The van der Waals surface area contributed by atoms with Crippen LogP contribution >= 0.6 is 7.82 Å². The Hall–Kier alpha value is -1.02. The van der Waals surface area contributed by atoms with E-state index >= 15 is 0 Å². The van der Waals surface area contributed by atoms with Gasteiger partial charge < -0.3 is 28.8 Å². The number of likely N-dealkylation sites (N-methyl/N-ethyl adjacent to an activating group) is 1. The molecule has 3 atom stereocenters. The molecule has 1 amide bonds. The monoisotopic (exact) mass is 771 g/mol. The molecule has 314 valence electrons. The highest BCUT2D eigenvalue weighted by Crippen LogP contribution is 2.38. The maximum atomic E-state index is 12.8. The first kappa shape index (κ1) is 52.0. The number of quaternary nitrogens is 1. The number of rotatable bonds is 40. The third-order valence-electron chi connectivity index (χ3n) is 9.91. The molecule has 0 fully saturated rings. The van der Waals surface area contributed by atoms with E-state index in [0.717, 1.165) is 38.5 Å². The number of hydrogen-bond acceptors (Lipinski definition) is 6. The molecule has 0 saturated heterocycles. The Bertz CT molecular complexity index is 922. The van der Waals surface area contributed by atoms with Gasteiger partial charge in [-0.05, 0) is 32.1 Å². The molecule has 0 aromatic rings. The molecule has 0 bridgehead atoms. The van der Waals surface area contributed by atoms with Crippen LogP contribution in [0, 0.1) is 0 Å². The number of phosphoric acid groups is 1. The van der Waals surface area contributed by atoms with Crippen molar-refractivity contribution in [3.8, 4) is 0 Å². The third kappa shape index (κ3) is 39.0. The van der Waals surface area contributed by atoms with E-state index < -0.39 is 20.0 Å². The number of unbranched alkanes of at least 4 members (excludes halogenated alkanes) is 25. The lowest BCUT2D eigenvalue weighted by Gasteiger charge is -2.29. The second-order valence-electron chi connectivity index (χ2n) is 16.4. The Morgan fingerprint density at radius 1 is 0.642 bits per heavy atom. The van der Waals surface area contributed by atoms with Crippen LogP contribution < -0.4 is 10.2 Å². The van der Waals surface area contributed by atoms with Crippen molar-refractivity contribution in [3.05, 3.63) is 24.3 Å². The summed E-state index contributed by atoms with van der Waals surface area (Å²) in [4.78, 5) is 25.2. The van der Waals surface area contributed by atoms with Crippen molar-refractivity contribution in [1.29, 1.82) is 0 Å². The lowest BCUT2D eigenvalue weighted by Crippen LogP contribution is -2.45. The molecule has 8 nitrogen and oxygen atoms in total. The summed E-state index contributed by atoms with van der Waals surface area (Å²) in [5.41, 5.74) is 0. The molecule has 0 aromatic heterocycles. The number of amides is 1. The van der Waals surface area contributed by atoms with Crippen molar-refractivity contribution < 1.29 is 32.9 Å². The first-order valence-electron chi connectivity index (χ1n) is 22.2. The zero-order valence-corrected chi connectivity index (χ0v) is 36.4. The van der Waals surface area contributed by atoms with Gasteiger partial charge in [-0.3, -0.25) is 9.36 Å². The highest BCUT2D eigenvalue weighted by molar-refractivity contribution is 7.45. The normalized spacial score (nSPS) is 14.6. The first-order chi connectivity index (χ1) is 25.5. The van der Waals surface area contributed by atoms with Crippen LogP contribution in [-0.2, 0) is 18.4 Å². The van der Waals surface area contributed by atoms with Crippen molar-refractivity contribution >= 4 is 13.7 Å². The van der Waals surface area contributed by atoms with Crippen molar-refractivity contribution in [3.63, 3.8) is 0 Å². The molecule has 53 heavy (non-hydrogen) atoms. The lowest BCUT2D eigenvalue weighted by molar-refractivity contribution is -0.870. The van der Waals surface area contributed by atoms with Crippen LogP contribution in [0.25, 0.3) is 0 Å². The van der Waals surface area contributed by atoms with E-state index in [-0.39, 0.29) is 19.1 Å². The number of aliphatic hydroxyl groups is 1. The van der Waals surface area contributed by atoms with Crippen LogP contribution in [0.5, 0.6) is 0 Å². The molecule has 0 rings (SSSR count). The summed E-state index contributed by atoms with van der Waals surface area (Å²) >= 11 is 0. The maximum Gasteiger partial charge on any atom is 0.268 e. The largest absolute Gasteiger partial charge is 0.756 e. The number of allylic oxidation sites excluding steroid dienone is 3. The van der Waals surface area contributed by atoms with Crippen molar-refractivity contribution in [1.82, 2.24) is 5.32 Å². The summed E-state index contributed by atoms with van der Waals surface area (Å²) in [7, 11) is 1.25. The molecule has 0 aromatic carbocycles. The molecule has 0 aliphatic carbocycles. The van der Waals surface area contributed by atoms with Gasteiger partial charge >= 0.3 is 0 Å². The lowest BCUT2D eigenvalue weighted by atomic mass is 10.0. The molecule has 9 heteroatoms. The van der Waals surface area contributed by atoms with Gasteiger partial charge in [-0.25, -0.2) is 0 Å². The van der Waals surface area contributed by atoms with Gasteiger partial charge in [-0.15, -0.1) is 0 Å². The number of nitrogens with zero attached hydrogens (tertiary/aromatic N) is 1. The van der Waals surface area contributed by atoms with Gasteiger partial charge in [0.25, 0.3) is 7.82 Å². The zero-order valence-electron chi connectivity index (χ0n) is 35.5. The summed E-state index contributed by atoms with van der Waals surface area (Å²) in [6, 6.07) is -0.896. The standard InChI is InChI=1S/C44H87N2O6P/c1-6-8-10-12-14-16-17-18-19-20-21-22-23-24-25-26-27-28-30-32-34-36-38-44(48)45-42(41-52-53(49,50)51-40-39-46(3,4)5)43(47)37-35-33-31-29-15-13-11-9-7-2/h15,29,35,37,42-43,47H,6-14,16-28,30-34,36,38-41H2,1-5H3,(H-,45,48,49,50)/b29-15+,37-35+. The summed E-state index contributed by atoms with van der Waals surface area (Å²) in [6.07, 6.45) is 42.5. The van der Waals surface area contributed by atoms with Gasteiger partial charge in [-0.2, -0.15) is 0 Å². The molecular weight excluding hydrogens is 683 g/mol. The third-order valence-corrected chi connectivity index (χ3v) is 10.9. The highest BCUT2D eigenvalue weighted by Gasteiger charge is 2.23. The Morgan fingerprint density at radius 2 is 1.06 bits per heavy atom. The van der Waals surface area contributed by atoms with Gasteiger partial charge in [-0.1, -0.05) is 186 Å². The summed E-state index contributed by atoms with van der Waals surface area (Å²) in [5, 5.41) is 13.7. The minimum Gasteiger partial charge on any atom is -0.756 e. The average molecular weight is 771 g/mol. The Balaban J connectivity index is 4.21. The van der Waals surface area contributed by atoms with Gasteiger partial charge in [0.15, 0.2) is 0 Å². The Morgan fingerprint density at radius 3 is 1.53 bits per heavy atom. The van der Waals surface area contributed by atoms with Crippen LogP contribution in [0.1, 0.15) is 200 Å². The van der Waals surface area contributed by atoms with Gasteiger partial charge in [0, 0.05) is 6.42 Å². The molecule has 0 saturated carbocycles. The summed E-state index contributed by atoms with van der Waals surface area (Å²) in [6.45, 7) is 4.58. The summed E-state index contributed by atoms with van der Waals surface area (Å²) in [5.74, 6) is -0.207. The van der Waals surface area contributed by atoms with Gasteiger partial charge in [0.2, 0.25) is 5.91 Å². The minimum absolute atomic E-state index is 0.00473. The van der Waals surface area contributed by atoms with E-state index in [1.807, 2.05) is 27.2 Å². The summed E-state index contributed by atoms with van der Waals surface area (Å²) < 4.78 is 23.1. The fraction of sp³-hybridized carbons (Fsp3) is 0.886. The molecule has 0 heterocycles. The van der Waals surface area contributed by atoms with Crippen LogP contribution in [0.4, 0.5) is 0 Å². The average Bonchev–Trinajstić information content (AvgIpc) is 3.10. The van der Waals surface area contributed by atoms with Gasteiger partial charge in [0.1, 0.15) is 13.2 Å². The van der Waals surface area contributed by atoms with E-state index in [1.54, 1.807) is 6.08 Å². The second-order valence-corrected chi connectivity index (χ2v) is 17.8. The van der Waals surface area contributed by atoms with E-state index in [4.69, 9.17) is 9.05 Å². The predicted octanol–water partition coefficient (Wildman–Crippen LogP) is 11.5. The predicted molar refractivity (Wildman–Crippen MR) is 224 cm³/mol. The van der Waals surface area contributed by atoms with Crippen molar-refractivity contribution in [2.24, 2.45) is 0 Å². The number of phosphoric ester groups is 1. The van der Waals surface area contributed by atoms with Crippen LogP contribution in [-0.4, -0.2) is 68.5 Å². The van der Waals surface area contributed by atoms with E-state index in [1.165, 1.54) is 141 Å². The maximum absolute atomic E-state index is 12.8. The molecule has 0 aliphatic rings. The van der Waals surface area contributed by atoms with E-state index in [9.17, 15) is 19.4 Å². The number of nitrogens with one attached hydrogen (secondary N) is 1. The second kappa shape index (κ2) is 36.6. The smallest absolute Gasteiger partial charge is 0.268 e. The Kier molecular flexibility index (Phi) is 35.9. The Labute approximate surface area is 328 Å². The van der Waals surface area contributed by atoms with Crippen molar-refractivity contribution in [2.45, 2.75) is 212 Å². The molecule has 2 N–H and O–H groups in total. The number of aliphatic hydroxyl groups excluding tert-OH is 1. The number of hydrogen-bond donors (Lipinski definition) is 2. The molecule has 0 radical (unpaired) electrons. The zero-order chi connectivity index (χ0) is 39.3.